The molecule has 0 atom stereocenters. The topological polar surface area (TPSA) is 24.9 Å². The summed E-state index contributed by atoms with van der Waals surface area (Å²) in [5.74, 6) is 0. The van der Waals surface area contributed by atoms with Crippen LogP contribution < -0.4 is 9.47 Å². The fraction of sp³-hybridized carbons (Fsp3) is 0.0811. The molecule has 42 heavy (non-hydrogen) atoms. The third-order valence-corrected chi connectivity index (χ3v) is 7.50. The minimum atomic E-state index is 0. The van der Waals surface area contributed by atoms with Gasteiger partial charge in [-0.3, -0.25) is 4.57 Å². The van der Waals surface area contributed by atoms with Crippen LogP contribution in [0.25, 0.3) is 44.4 Å². The van der Waals surface area contributed by atoms with Crippen LogP contribution in [0.4, 0.5) is 11.4 Å². The molecular formula is C37H28IrN4+. The zero-order chi connectivity index (χ0) is 27.9. The van der Waals surface area contributed by atoms with Gasteiger partial charge in [0.1, 0.15) is 5.52 Å². The maximum Gasteiger partial charge on any atom is 3.00 e. The number of pyridine rings is 1. The van der Waals surface area contributed by atoms with E-state index in [1.165, 1.54) is 33.3 Å². The van der Waals surface area contributed by atoms with E-state index < -0.39 is 0 Å². The molecule has 0 fully saturated rings. The van der Waals surface area contributed by atoms with Crippen molar-refractivity contribution in [1.82, 2.24) is 9.55 Å². The van der Waals surface area contributed by atoms with E-state index in [9.17, 15) is 0 Å². The van der Waals surface area contributed by atoms with Crippen LogP contribution in [0.5, 0.6) is 0 Å². The number of hydrogen-bond donors (Lipinski definition) is 0. The molecule has 0 saturated heterocycles. The van der Waals surface area contributed by atoms with Gasteiger partial charge < -0.3 is 14.5 Å². The zero-order valence-electron chi connectivity index (χ0n) is 23.6. The van der Waals surface area contributed by atoms with E-state index >= 15 is 0 Å². The fourth-order valence-electron chi connectivity index (χ4n) is 5.73. The Morgan fingerprint density at radius 3 is 2.33 bits per heavy atom. The van der Waals surface area contributed by atoms with Gasteiger partial charge in [0.05, 0.1) is 11.2 Å². The van der Waals surface area contributed by atoms with Crippen LogP contribution in [0.15, 0.2) is 115 Å². The van der Waals surface area contributed by atoms with E-state index in [-0.39, 0.29) is 20.1 Å². The van der Waals surface area contributed by atoms with Gasteiger partial charge in [-0.15, -0.1) is 52.7 Å². The maximum absolute atomic E-state index is 4.22. The van der Waals surface area contributed by atoms with Crippen LogP contribution in [0.3, 0.4) is 0 Å². The molecule has 3 heterocycles. The van der Waals surface area contributed by atoms with Gasteiger partial charge in [0.25, 0.3) is 6.33 Å². The summed E-state index contributed by atoms with van der Waals surface area (Å²) in [6.07, 6.45) is 5.41. The Labute approximate surface area is 259 Å². The number of aryl methyl sites for hydroxylation is 2. The van der Waals surface area contributed by atoms with Gasteiger partial charge in [0.2, 0.25) is 0 Å². The summed E-state index contributed by atoms with van der Waals surface area (Å²) in [5, 5.41) is 2.43. The first kappa shape index (κ1) is 27.6. The van der Waals surface area contributed by atoms with Crippen molar-refractivity contribution in [3.8, 4) is 22.6 Å². The van der Waals surface area contributed by atoms with Crippen molar-refractivity contribution in [3.63, 3.8) is 0 Å². The minimum Gasteiger partial charge on any atom is -0.403 e. The summed E-state index contributed by atoms with van der Waals surface area (Å²) < 4.78 is 4.34. The van der Waals surface area contributed by atoms with Crippen molar-refractivity contribution < 1.29 is 24.7 Å². The molecule has 204 valence electrons. The molecule has 0 amide bonds. The Hall–Kier alpha value is -4.57. The zero-order valence-corrected chi connectivity index (χ0v) is 26.0. The van der Waals surface area contributed by atoms with Crippen molar-refractivity contribution in [1.29, 1.82) is 0 Å². The molecule has 0 unspecified atom stereocenters. The summed E-state index contributed by atoms with van der Waals surface area (Å²) >= 11 is 0. The van der Waals surface area contributed by atoms with Crippen LogP contribution in [-0.2, 0) is 20.1 Å². The predicted molar refractivity (Wildman–Crippen MR) is 166 cm³/mol. The molecule has 1 aliphatic heterocycles. The Morgan fingerprint density at radius 2 is 1.57 bits per heavy atom. The van der Waals surface area contributed by atoms with Gasteiger partial charge in [-0.05, 0) is 56.5 Å². The number of nitrogens with zero attached hydrogens (tertiary/aromatic N) is 4. The summed E-state index contributed by atoms with van der Waals surface area (Å²) in [7, 11) is 2.14. The van der Waals surface area contributed by atoms with Gasteiger partial charge in [0.15, 0.2) is 0 Å². The number of rotatable bonds is 2. The van der Waals surface area contributed by atoms with Crippen molar-refractivity contribution in [2.45, 2.75) is 13.8 Å². The molecule has 5 aromatic carbocycles. The molecular weight excluding hydrogens is 693 g/mol. The molecule has 8 rings (SSSR count). The first-order valence-corrected chi connectivity index (χ1v) is 13.7. The third-order valence-electron chi connectivity index (χ3n) is 7.50. The van der Waals surface area contributed by atoms with Gasteiger partial charge in [0, 0.05) is 11.9 Å². The first-order valence-electron chi connectivity index (χ1n) is 13.7. The Bertz CT molecular complexity index is 1970. The summed E-state index contributed by atoms with van der Waals surface area (Å²) in [4.78, 5) is 6.51. The fourth-order valence-corrected chi connectivity index (χ4v) is 5.73. The van der Waals surface area contributed by atoms with Crippen LogP contribution >= 0.6 is 0 Å². The van der Waals surface area contributed by atoms with Crippen LogP contribution in [0, 0.1) is 32.3 Å². The average Bonchev–Trinajstić information content (AvgIpc) is 3.41. The Kier molecular flexibility index (Phi) is 7.47. The standard InChI is InChI=1S/C26H20N3.C11H8N.Ir/c1-17-13-18(2)15-20(14-17)28-16-29-24-12-11-19-7-4-5-8-21(19)25(24)27(3)22-9-6-10-23(28)26(22)29;1-2-6-10(7-3-1)11-8-4-5-9-12-11;/h4-11,13-15H,1-3H3;1-6,8-9H;/q2*-1;+3. The van der Waals surface area contributed by atoms with E-state index in [1.54, 1.807) is 6.20 Å². The van der Waals surface area contributed by atoms with Crippen molar-refractivity contribution in [2.24, 2.45) is 0 Å². The van der Waals surface area contributed by atoms with Crippen LogP contribution in [0.1, 0.15) is 11.1 Å². The number of aromatic nitrogens is 3. The normalized spacial score (nSPS) is 11.5. The summed E-state index contributed by atoms with van der Waals surface area (Å²) in [6.45, 7) is 4.28. The minimum absolute atomic E-state index is 0. The second-order valence-electron chi connectivity index (χ2n) is 10.4. The molecule has 4 nitrogen and oxygen atoms in total. The molecule has 0 N–H and O–H groups in total. The molecule has 1 aliphatic rings. The van der Waals surface area contributed by atoms with E-state index in [2.05, 4.69) is 125 Å². The van der Waals surface area contributed by atoms with Gasteiger partial charge in [-0.25, -0.2) is 0 Å². The number of para-hydroxylation sites is 1. The number of hydrogen-bond acceptors (Lipinski definition) is 2. The number of fused-ring (bicyclic) bond motifs is 4. The van der Waals surface area contributed by atoms with E-state index in [0.717, 1.165) is 33.7 Å². The molecule has 0 spiro atoms. The monoisotopic (exact) mass is 721 g/mol. The molecule has 2 aromatic heterocycles. The maximum atomic E-state index is 4.22. The summed E-state index contributed by atoms with van der Waals surface area (Å²) in [6, 6.07) is 44.0. The molecule has 0 radical (unpaired) electrons. The second kappa shape index (κ2) is 11.4. The van der Waals surface area contributed by atoms with E-state index in [0.29, 0.717) is 0 Å². The number of benzene rings is 5. The number of anilines is 2. The molecule has 0 bridgehead atoms. The van der Waals surface area contributed by atoms with Crippen molar-refractivity contribution >= 4 is 33.2 Å². The second-order valence-corrected chi connectivity index (χ2v) is 10.4. The largest absolute Gasteiger partial charge is 3.00 e. The third kappa shape index (κ3) is 4.81. The molecule has 0 saturated carbocycles. The number of imidazole rings is 1. The molecule has 0 aliphatic carbocycles. The van der Waals surface area contributed by atoms with Gasteiger partial charge >= 0.3 is 20.1 Å². The quantitative estimate of drug-likeness (QED) is 0.134. The predicted octanol–water partition coefficient (Wildman–Crippen LogP) is 7.91. The van der Waals surface area contributed by atoms with Gasteiger partial charge in [-0.2, -0.15) is 12.1 Å². The van der Waals surface area contributed by atoms with E-state index in [4.69, 9.17) is 0 Å². The van der Waals surface area contributed by atoms with Crippen LogP contribution in [-0.4, -0.2) is 16.6 Å². The Morgan fingerprint density at radius 1 is 0.786 bits per heavy atom. The summed E-state index contributed by atoms with van der Waals surface area (Å²) in [5.41, 5.74) is 11.3. The average molecular weight is 721 g/mol. The molecule has 5 heteroatoms. The SMILES string of the molecule is Cc1cc(C)cc(-n2[c-][n+]3c4c(cccc42)N(C)c2c-3[c-]cc3ccccc23)c1.[Ir+3].[c-]1ccccc1-c1ccccn1. The Balaban J connectivity index is 0.000000205. The first-order chi connectivity index (χ1) is 20.1. The smallest absolute Gasteiger partial charge is 0.403 e. The van der Waals surface area contributed by atoms with Crippen molar-refractivity contribution in [2.75, 3.05) is 11.9 Å². The van der Waals surface area contributed by atoms with Crippen molar-refractivity contribution in [3.05, 3.63) is 145 Å². The molecule has 7 aromatic rings. The van der Waals surface area contributed by atoms with E-state index in [1.807, 2.05) is 42.5 Å². The van der Waals surface area contributed by atoms with Gasteiger partial charge in [-0.1, -0.05) is 65.3 Å². The van der Waals surface area contributed by atoms with Crippen LogP contribution in [0.2, 0.25) is 0 Å².